The molecule has 140 valence electrons. The van der Waals surface area contributed by atoms with Crippen molar-refractivity contribution < 1.29 is 14.0 Å². The Bertz CT molecular complexity index is 743. The normalized spacial score (nSPS) is 25.6. The van der Waals surface area contributed by atoms with Crippen LogP contribution in [-0.2, 0) is 11.3 Å². The van der Waals surface area contributed by atoms with Gasteiger partial charge in [-0.3, -0.25) is 4.90 Å². The Kier molecular flexibility index (Phi) is 4.91. The summed E-state index contributed by atoms with van der Waals surface area (Å²) in [4.78, 5) is 10.9. The van der Waals surface area contributed by atoms with Gasteiger partial charge in [-0.25, -0.2) is 9.97 Å². The number of hydrogen-bond donors (Lipinski definition) is 0. The predicted molar refractivity (Wildman–Crippen MR) is 94.9 cm³/mol. The van der Waals surface area contributed by atoms with Crippen LogP contribution in [0.5, 0.6) is 6.01 Å². The molecular formula is C19H26N4O3. The Morgan fingerprint density at radius 1 is 1.27 bits per heavy atom. The van der Waals surface area contributed by atoms with Crippen molar-refractivity contribution in [3.8, 4) is 6.01 Å². The molecule has 2 saturated heterocycles. The van der Waals surface area contributed by atoms with E-state index in [0.29, 0.717) is 30.6 Å². The first-order chi connectivity index (χ1) is 12.6. The van der Waals surface area contributed by atoms with Crippen LogP contribution in [0, 0.1) is 32.6 Å². The van der Waals surface area contributed by atoms with Crippen molar-refractivity contribution in [3.05, 3.63) is 35.0 Å². The summed E-state index contributed by atoms with van der Waals surface area (Å²) < 4.78 is 17.1. The highest BCUT2D eigenvalue weighted by molar-refractivity contribution is 5.21. The first-order valence-corrected chi connectivity index (χ1v) is 9.28. The molecule has 2 fully saturated rings. The second-order valence-electron chi connectivity index (χ2n) is 7.41. The SMILES string of the molecule is Cc1ccnc(OCC[C@@H]2CO[C@@H]3CN(Cc4c(C)noc4C)C[C@H]23)n1. The number of nitrogens with zero attached hydrogens (tertiary/aromatic N) is 4. The molecule has 26 heavy (non-hydrogen) atoms. The molecule has 0 aromatic carbocycles. The second-order valence-corrected chi connectivity index (χ2v) is 7.41. The summed E-state index contributed by atoms with van der Waals surface area (Å²) in [5, 5.41) is 4.06. The van der Waals surface area contributed by atoms with Crippen LogP contribution >= 0.6 is 0 Å². The zero-order valence-electron chi connectivity index (χ0n) is 15.6. The van der Waals surface area contributed by atoms with Gasteiger partial charge in [-0.1, -0.05) is 5.16 Å². The Labute approximate surface area is 153 Å². The van der Waals surface area contributed by atoms with E-state index in [1.165, 1.54) is 5.56 Å². The Morgan fingerprint density at radius 3 is 2.92 bits per heavy atom. The van der Waals surface area contributed by atoms with Gasteiger partial charge in [-0.2, -0.15) is 0 Å². The van der Waals surface area contributed by atoms with Crippen molar-refractivity contribution in [1.29, 1.82) is 0 Å². The Hall–Kier alpha value is -1.99. The van der Waals surface area contributed by atoms with Crippen LogP contribution < -0.4 is 4.74 Å². The second kappa shape index (κ2) is 7.32. The van der Waals surface area contributed by atoms with Crippen LogP contribution in [0.1, 0.15) is 29.1 Å². The molecule has 0 unspecified atom stereocenters. The molecular weight excluding hydrogens is 332 g/mol. The molecule has 4 rings (SSSR count). The van der Waals surface area contributed by atoms with Crippen LogP contribution in [0.25, 0.3) is 0 Å². The van der Waals surface area contributed by atoms with Gasteiger partial charge < -0.3 is 14.0 Å². The van der Waals surface area contributed by atoms with E-state index >= 15 is 0 Å². The Morgan fingerprint density at radius 2 is 2.15 bits per heavy atom. The Balaban J connectivity index is 1.29. The van der Waals surface area contributed by atoms with Crippen molar-refractivity contribution >= 4 is 0 Å². The van der Waals surface area contributed by atoms with Gasteiger partial charge in [0.2, 0.25) is 0 Å². The molecule has 2 aromatic heterocycles. The summed E-state index contributed by atoms with van der Waals surface area (Å²) >= 11 is 0. The average molecular weight is 358 g/mol. The van der Waals surface area contributed by atoms with E-state index in [0.717, 1.165) is 49.8 Å². The van der Waals surface area contributed by atoms with Crippen LogP contribution in [0.15, 0.2) is 16.8 Å². The molecule has 7 heteroatoms. The standard InChI is InChI=1S/C19H26N4O3/c1-12-4-6-20-19(21-12)24-7-5-15-11-25-18-10-23(9-17(15)18)8-16-13(2)22-26-14(16)3/h4,6,15,17-18H,5,7-11H2,1-3H3/t15-,17-,18-/m1/s1. The molecule has 0 spiro atoms. The maximum atomic E-state index is 6.05. The van der Waals surface area contributed by atoms with Crippen LogP contribution in [-0.4, -0.2) is 52.4 Å². The molecule has 0 amide bonds. The minimum atomic E-state index is 0.329. The van der Waals surface area contributed by atoms with Gasteiger partial charge in [0.25, 0.3) is 0 Å². The molecule has 0 N–H and O–H groups in total. The van der Waals surface area contributed by atoms with Crippen LogP contribution in [0.2, 0.25) is 0 Å². The van der Waals surface area contributed by atoms with Gasteiger partial charge in [-0.15, -0.1) is 0 Å². The molecule has 3 atom stereocenters. The van der Waals surface area contributed by atoms with Gasteiger partial charge in [0.05, 0.1) is 25.0 Å². The van der Waals surface area contributed by atoms with Crippen molar-refractivity contribution in [2.75, 3.05) is 26.3 Å². The van der Waals surface area contributed by atoms with Gasteiger partial charge in [-0.05, 0) is 39.2 Å². The fraction of sp³-hybridized carbons (Fsp3) is 0.632. The highest BCUT2D eigenvalue weighted by atomic mass is 16.5. The lowest BCUT2D eigenvalue weighted by Crippen LogP contribution is -2.25. The third-order valence-corrected chi connectivity index (χ3v) is 5.57. The third-order valence-electron chi connectivity index (χ3n) is 5.57. The van der Waals surface area contributed by atoms with Crippen LogP contribution in [0.3, 0.4) is 0 Å². The lowest BCUT2D eigenvalue weighted by atomic mass is 9.91. The topological polar surface area (TPSA) is 73.5 Å². The van der Waals surface area contributed by atoms with Crippen molar-refractivity contribution in [1.82, 2.24) is 20.0 Å². The molecule has 7 nitrogen and oxygen atoms in total. The summed E-state index contributed by atoms with van der Waals surface area (Å²) in [6.45, 7) is 10.3. The number of rotatable bonds is 6. The first kappa shape index (κ1) is 17.4. The number of ether oxygens (including phenoxy) is 2. The summed E-state index contributed by atoms with van der Waals surface area (Å²) in [5.74, 6) is 2.01. The predicted octanol–water partition coefficient (Wildman–Crippen LogP) is 2.31. The maximum absolute atomic E-state index is 6.05. The summed E-state index contributed by atoms with van der Waals surface area (Å²) in [5.41, 5.74) is 3.12. The third kappa shape index (κ3) is 3.59. The fourth-order valence-corrected chi connectivity index (χ4v) is 4.05. The molecule has 0 bridgehead atoms. The summed E-state index contributed by atoms with van der Waals surface area (Å²) in [6, 6.07) is 2.33. The van der Waals surface area contributed by atoms with E-state index in [-0.39, 0.29) is 0 Å². The first-order valence-electron chi connectivity index (χ1n) is 9.28. The number of aromatic nitrogens is 3. The summed E-state index contributed by atoms with van der Waals surface area (Å²) in [7, 11) is 0. The fourth-order valence-electron chi connectivity index (χ4n) is 4.05. The quantitative estimate of drug-likeness (QED) is 0.784. The van der Waals surface area contributed by atoms with Crippen molar-refractivity contribution in [2.45, 2.75) is 39.8 Å². The number of likely N-dealkylation sites (tertiary alicyclic amines) is 1. The zero-order chi connectivity index (χ0) is 18.1. The molecule has 4 heterocycles. The highest BCUT2D eigenvalue weighted by Crippen LogP contribution is 2.36. The van der Waals surface area contributed by atoms with E-state index in [4.69, 9.17) is 14.0 Å². The van der Waals surface area contributed by atoms with E-state index in [1.807, 2.05) is 26.8 Å². The van der Waals surface area contributed by atoms with Crippen molar-refractivity contribution in [3.63, 3.8) is 0 Å². The number of fused-ring (bicyclic) bond motifs is 1. The number of aryl methyl sites for hydroxylation is 3. The van der Waals surface area contributed by atoms with Gasteiger partial charge in [0.15, 0.2) is 0 Å². The molecule has 2 aromatic rings. The molecule has 2 aliphatic heterocycles. The van der Waals surface area contributed by atoms with Crippen LogP contribution in [0.4, 0.5) is 0 Å². The lowest BCUT2D eigenvalue weighted by molar-refractivity contribution is 0.0921. The summed E-state index contributed by atoms with van der Waals surface area (Å²) in [6.07, 6.45) is 3.03. The van der Waals surface area contributed by atoms with Gasteiger partial charge in [0.1, 0.15) is 5.76 Å². The highest BCUT2D eigenvalue weighted by Gasteiger charge is 2.43. The van der Waals surface area contributed by atoms with Gasteiger partial charge in [0, 0.05) is 43.0 Å². The maximum Gasteiger partial charge on any atom is 0.316 e. The average Bonchev–Trinajstić information content (AvgIpc) is 3.27. The van der Waals surface area contributed by atoms with E-state index in [2.05, 4.69) is 20.0 Å². The zero-order valence-corrected chi connectivity index (χ0v) is 15.6. The monoisotopic (exact) mass is 358 g/mol. The van der Waals surface area contributed by atoms with E-state index in [9.17, 15) is 0 Å². The molecule has 2 aliphatic rings. The molecule has 0 saturated carbocycles. The number of hydrogen-bond acceptors (Lipinski definition) is 7. The van der Waals surface area contributed by atoms with E-state index < -0.39 is 0 Å². The lowest BCUT2D eigenvalue weighted by Gasteiger charge is -2.19. The van der Waals surface area contributed by atoms with Gasteiger partial charge >= 0.3 is 6.01 Å². The molecule has 0 radical (unpaired) electrons. The molecule has 0 aliphatic carbocycles. The largest absolute Gasteiger partial charge is 0.463 e. The minimum Gasteiger partial charge on any atom is -0.463 e. The van der Waals surface area contributed by atoms with E-state index in [1.54, 1.807) is 6.20 Å². The minimum absolute atomic E-state index is 0.329. The smallest absolute Gasteiger partial charge is 0.316 e. The van der Waals surface area contributed by atoms with Crippen molar-refractivity contribution in [2.24, 2.45) is 11.8 Å².